The van der Waals surface area contributed by atoms with Crippen LogP contribution in [0, 0.1) is 0 Å². The van der Waals surface area contributed by atoms with E-state index in [2.05, 4.69) is 21.2 Å². The highest BCUT2D eigenvalue weighted by atomic mass is 16.7. The molecule has 0 unspecified atom stereocenters. The lowest BCUT2D eigenvalue weighted by Crippen LogP contribution is -2.33. The van der Waals surface area contributed by atoms with Gasteiger partial charge in [0, 0.05) is 23.2 Å². The molecule has 0 atom stereocenters. The number of nitrogens with zero attached hydrogens (tertiary/aromatic N) is 1. The fraction of sp³-hybridized carbons (Fsp3) is 0.200. The number of nitrogens with one attached hydrogen (secondary N) is 3. The van der Waals surface area contributed by atoms with Crippen molar-refractivity contribution < 1.29 is 28.6 Å². The fourth-order valence-electron chi connectivity index (χ4n) is 2.51. The van der Waals surface area contributed by atoms with Gasteiger partial charge in [-0.25, -0.2) is 5.43 Å². The minimum Gasteiger partial charge on any atom is -0.497 e. The number of methoxy groups -OCH3 is 1. The summed E-state index contributed by atoms with van der Waals surface area (Å²) < 4.78 is 15.5. The van der Waals surface area contributed by atoms with Gasteiger partial charge in [-0.1, -0.05) is 0 Å². The van der Waals surface area contributed by atoms with Gasteiger partial charge in [-0.15, -0.1) is 0 Å². The Morgan fingerprint density at radius 2 is 1.67 bits per heavy atom. The van der Waals surface area contributed by atoms with Gasteiger partial charge in [0.2, 0.25) is 12.7 Å². The maximum atomic E-state index is 12.1. The van der Waals surface area contributed by atoms with E-state index in [9.17, 15) is 14.4 Å². The molecule has 30 heavy (non-hydrogen) atoms. The molecule has 3 amide bonds. The molecule has 0 aromatic heterocycles. The molecule has 0 aliphatic carbocycles. The maximum absolute atomic E-state index is 12.1. The Balaban J connectivity index is 1.46. The Labute approximate surface area is 172 Å². The fourth-order valence-corrected chi connectivity index (χ4v) is 2.51. The number of carbonyl (C=O) groups excluding carboxylic acids is 3. The third-order valence-electron chi connectivity index (χ3n) is 3.98. The van der Waals surface area contributed by atoms with E-state index in [1.54, 1.807) is 49.4 Å². The number of carbonyl (C=O) groups is 3. The van der Waals surface area contributed by atoms with Crippen LogP contribution in [0.15, 0.2) is 47.6 Å². The first-order valence-electron chi connectivity index (χ1n) is 8.92. The molecule has 0 radical (unpaired) electrons. The van der Waals surface area contributed by atoms with Gasteiger partial charge in [0.1, 0.15) is 5.75 Å². The van der Waals surface area contributed by atoms with Crippen LogP contribution in [0.3, 0.4) is 0 Å². The van der Waals surface area contributed by atoms with Gasteiger partial charge in [-0.05, 0) is 43.3 Å². The zero-order chi connectivity index (χ0) is 21.5. The van der Waals surface area contributed by atoms with Gasteiger partial charge >= 0.3 is 11.8 Å². The maximum Gasteiger partial charge on any atom is 0.329 e. The Kier molecular flexibility index (Phi) is 6.48. The minimum absolute atomic E-state index is 0.0746. The number of fused-ring (bicyclic) bond motifs is 1. The molecule has 2 aromatic rings. The molecule has 3 N–H and O–H groups in total. The lowest BCUT2D eigenvalue weighted by molar-refractivity contribution is -0.136. The zero-order valence-electron chi connectivity index (χ0n) is 16.4. The Morgan fingerprint density at radius 3 is 2.40 bits per heavy atom. The molecule has 1 aliphatic rings. The van der Waals surface area contributed by atoms with Crippen LogP contribution in [0.2, 0.25) is 0 Å². The average molecular weight is 412 g/mol. The third kappa shape index (κ3) is 5.47. The molecule has 0 saturated heterocycles. The number of hydrogen-bond acceptors (Lipinski definition) is 7. The molecule has 2 aromatic carbocycles. The molecule has 0 bridgehead atoms. The summed E-state index contributed by atoms with van der Waals surface area (Å²) in [6, 6.07) is 11.5. The lowest BCUT2D eigenvalue weighted by Gasteiger charge is -2.07. The second-order valence-corrected chi connectivity index (χ2v) is 6.26. The highest BCUT2D eigenvalue weighted by Crippen LogP contribution is 2.34. The van der Waals surface area contributed by atoms with E-state index < -0.39 is 11.8 Å². The first-order chi connectivity index (χ1) is 14.4. The first kappa shape index (κ1) is 20.6. The van der Waals surface area contributed by atoms with E-state index in [-0.39, 0.29) is 19.1 Å². The predicted octanol–water partition coefficient (Wildman–Crippen LogP) is 1.88. The first-order valence-corrected chi connectivity index (χ1v) is 8.92. The van der Waals surface area contributed by atoms with Crippen LogP contribution in [-0.4, -0.2) is 37.3 Å². The summed E-state index contributed by atoms with van der Waals surface area (Å²) in [5, 5.41) is 8.92. The second kappa shape index (κ2) is 9.41. The van der Waals surface area contributed by atoms with Crippen LogP contribution in [0.25, 0.3) is 0 Å². The molecule has 0 fully saturated rings. The summed E-state index contributed by atoms with van der Waals surface area (Å²) in [6.45, 7) is 1.70. The van der Waals surface area contributed by atoms with E-state index in [1.165, 1.54) is 7.11 Å². The summed E-state index contributed by atoms with van der Waals surface area (Å²) >= 11 is 0. The molecule has 1 aliphatic heterocycles. The van der Waals surface area contributed by atoms with E-state index in [4.69, 9.17) is 14.2 Å². The molecule has 0 spiro atoms. The standard InChI is InChI=1S/C20H20N4O6/c1-12(9-18(25)21-14-5-8-16-17(10-14)30-11-29-16)23-24-20(27)19(26)22-13-3-6-15(28-2)7-4-13/h3-8,10H,9,11H2,1-2H3,(H,21,25)(H,22,26)(H,24,27)/b23-12+. The molecular weight excluding hydrogens is 392 g/mol. The summed E-state index contributed by atoms with van der Waals surface area (Å²) in [7, 11) is 1.52. The summed E-state index contributed by atoms with van der Waals surface area (Å²) in [6.07, 6.45) is -0.0746. The number of amides is 3. The van der Waals surface area contributed by atoms with Crippen LogP contribution in [0.4, 0.5) is 11.4 Å². The zero-order valence-corrected chi connectivity index (χ0v) is 16.4. The Bertz CT molecular complexity index is 987. The van der Waals surface area contributed by atoms with Gasteiger partial charge in [0.25, 0.3) is 0 Å². The monoisotopic (exact) mass is 412 g/mol. The van der Waals surface area contributed by atoms with Crippen molar-refractivity contribution in [1.82, 2.24) is 5.43 Å². The molecular formula is C20H20N4O6. The summed E-state index contributed by atoms with van der Waals surface area (Å²) in [5.41, 5.74) is 3.41. The van der Waals surface area contributed by atoms with E-state index in [1.807, 2.05) is 0 Å². The Hall–Kier alpha value is -4.08. The van der Waals surface area contributed by atoms with Gasteiger partial charge in [-0.2, -0.15) is 5.10 Å². The van der Waals surface area contributed by atoms with E-state index >= 15 is 0 Å². The normalized spacial score (nSPS) is 12.1. The Morgan fingerprint density at radius 1 is 0.967 bits per heavy atom. The smallest absolute Gasteiger partial charge is 0.329 e. The molecule has 1 heterocycles. The van der Waals surface area contributed by atoms with Crippen molar-refractivity contribution in [1.29, 1.82) is 0 Å². The highest BCUT2D eigenvalue weighted by Gasteiger charge is 2.15. The van der Waals surface area contributed by atoms with Crippen LogP contribution in [0.1, 0.15) is 13.3 Å². The highest BCUT2D eigenvalue weighted by molar-refractivity contribution is 6.39. The van der Waals surface area contributed by atoms with Crippen molar-refractivity contribution in [3.05, 3.63) is 42.5 Å². The number of benzene rings is 2. The molecule has 10 heteroatoms. The third-order valence-corrected chi connectivity index (χ3v) is 3.98. The molecule has 156 valence electrons. The molecule has 3 rings (SSSR count). The van der Waals surface area contributed by atoms with Crippen LogP contribution in [0.5, 0.6) is 17.2 Å². The number of anilines is 2. The van der Waals surface area contributed by atoms with Crippen LogP contribution < -0.4 is 30.3 Å². The molecule has 0 saturated carbocycles. The van der Waals surface area contributed by atoms with Gasteiger partial charge in [0.05, 0.1) is 13.5 Å². The summed E-state index contributed by atoms with van der Waals surface area (Å²) in [4.78, 5) is 35.9. The van der Waals surface area contributed by atoms with Crippen molar-refractivity contribution in [2.24, 2.45) is 5.10 Å². The largest absolute Gasteiger partial charge is 0.497 e. The quantitative estimate of drug-likeness (QED) is 0.378. The average Bonchev–Trinajstić information content (AvgIpc) is 3.20. The van der Waals surface area contributed by atoms with Crippen molar-refractivity contribution in [3.8, 4) is 17.2 Å². The predicted molar refractivity (Wildman–Crippen MR) is 109 cm³/mol. The van der Waals surface area contributed by atoms with Crippen molar-refractivity contribution in [2.45, 2.75) is 13.3 Å². The molecule has 10 nitrogen and oxygen atoms in total. The summed E-state index contributed by atoms with van der Waals surface area (Å²) in [5.74, 6) is -0.402. The van der Waals surface area contributed by atoms with Crippen molar-refractivity contribution >= 4 is 34.8 Å². The van der Waals surface area contributed by atoms with E-state index in [0.717, 1.165) is 0 Å². The minimum atomic E-state index is -0.957. The number of hydrogen-bond donors (Lipinski definition) is 3. The topological polar surface area (TPSA) is 127 Å². The van der Waals surface area contributed by atoms with E-state index in [0.29, 0.717) is 34.3 Å². The van der Waals surface area contributed by atoms with Gasteiger partial charge in [-0.3, -0.25) is 14.4 Å². The second-order valence-electron chi connectivity index (χ2n) is 6.26. The van der Waals surface area contributed by atoms with Crippen LogP contribution >= 0.6 is 0 Å². The van der Waals surface area contributed by atoms with Crippen molar-refractivity contribution in [2.75, 3.05) is 24.5 Å². The number of ether oxygens (including phenoxy) is 3. The number of rotatable bonds is 6. The van der Waals surface area contributed by atoms with Crippen LogP contribution in [-0.2, 0) is 14.4 Å². The lowest BCUT2D eigenvalue weighted by atomic mass is 10.2. The van der Waals surface area contributed by atoms with Gasteiger partial charge < -0.3 is 24.8 Å². The number of hydrazone groups is 1. The van der Waals surface area contributed by atoms with Crippen molar-refractivity contribution in [3.63, 3.8) is 0 Å². The van der Waals surface area contributed by atoms with Gasteiger partial charge in [0.15, 0.2) is 11.5 Å². The SMILES string of the molecule is COc1ccc(NC(=O)C(=O)N/N=C(\C)CC(=O)Nc2ccc3c(c2)OCO3)cc1.